The lowest BCUT2D eigenvalue weighted by molar-refractivity contribution is 0.957. The molecule has 0 aliphatic rings. The Morgan fingerprint density at radius 1 is 1.06 bits per heavy atom. The van der Waals surface area contributed by atoms with Gasteiger partial charge in [0.05, 0.1) is 0 Å². The van der Waals surface area contributed by atoms with E-state index in [-0.39, 0.29) is 0 Å². The Hall–Kier alpha value is -1.47. The summed E-state index contributed by atoms with van der Waals surface area (Å²) in [6.07, 6.45) is 3.00. The molecular weight excluding hydrogens is 236 g/mol. The summed E-state index contributed by atoms with van der Waals surface area (Å²) >= 11 is 1.91. The number of benzene rings is 2. The van der Waals surface area contributed by atoms with Crippen LogP contribution < -0.4 is 0 Å². The maximum atomic E-state index is 3.88. The van der Waals surface area contributed by atoms with Crippen LogP contribution in [0.2, 0.25) is 0 Å². The van der Waals surface area contributed by atoms with Crippen molar-refractivity contribution in [3.05, 3.63) is 78.4 Å². The number of allylic oxidation sites excluding steroid dienone is 1. The summed E-state index contributed by atoms with van der Waals surface area (Å²) in [5.74, 6) is 0. The van der Waals surface area contributed by atoms with Crippen molar-refractivity contribution < 1.29 is 0 Å². The van der Waals surface area contributed by atoms with Crippen LogP contribution in [0.25, 0.3) is 0 Å². The van der Waals surface area contributed by atoms with Gasteiger partial charge in [-0.05, 0) is 36.6 Å². The molecule has 1 unspecified atom stereocenters. The van der Waals surface area contributed by atoms with Crippen LogP contribution in [-0.4, -0.2) is 0 Å². The standard InChI is InChI=1S/C17H18S/c1-3-9-17(16-13-8-7-10-14(16)2)18-15-11-5-4-6-12-15/h3-8,10-13,17H,1,9H2,2H3. The molecule has 2 rings (SSSR count). The molecule has 0 aliphatic heterocycles. The summed E-state index contributed by atoms with van der Waals surface area (Å²) in [7, 11) is 0. The van der Waals surface area contributed by atoms with Gasteiger partial charge in [-0.1, -0.05) is 48.5 Å². The zero-order valence-corrected chi connectivity index (χ0v) is 11.5. The van der Waals surface area contributed by atoms with Crippen molar-refractivity contribution in [3.8, 4) is 0 Å². The van der Waals surface area contributed by atoms with Gasteiger partial charge in [-0.2, -0.15) is 0 Å². The first-order valence-corrected chi connectivity index (χ1v) is 7.07. The Kier molecular flexibility index (Phi) is 4.66. The van der Waals surface area contributed by atoms with Crippen molar-refractivity contribution in [2.24, 2.45) is 0 Å². The number of aryl methyl sites for hydroxylation is 1. The third kappa shape index (κ3) is 3.27. The lowest BCUT2D eigenvalue weighted by Crippen LogP contribution is -1.95. The van der Waals surface area contributed by atoms with Gasteiger partial charge in [0.1, 0.15) is 0 Å². The molecule has 1 atom stereocenters. The van der Waals surface area contributed by atoms with Crippen molar-refractivity contribution in [1.29, 1.82) is 0 Å². The van der Waals surface area contributed by atoms with Crippen molar-refractivity contribution >= 4 is 11.8 Å². The van der Waals surface area contributed by atoms with Gasteiger partial charge in [-0.25, -0.2) is 0 Å². The van der Waals surface area contributed by atoms with Crippen LogP contribution in [0.15, 0.2) is 72.1 Å². The van der Waals surface area contributed by atoms with E-state index in [1.54, 1.807) is 0 Å². The Balaban J connectivity index is 2.24. The molecule has 0 aromatic heterocycles. The third-order valence-electron chi connectivity index (χ3n) is 2.94. The van der Waals surface area contributed by atoms with Gasteiger partial charge in [0.15, 0.2) is 0 Å². The summed E-state index contributed by atoms with van der Waals surface area (Å²) < 4.78 is 0. The number of hydrogen-bond acceptors (Lipinski definition) is 1. The largest absolute Gasteiger partial charge is 0.118 e. The molecule has 0 N–H and O–H groups in total. The van der Waals surface area contributed by atoms with Crippen LogP contribution in [0.3, 0.4) is 0 Å². The van der Waals surface area contributed by atoms with Crippen LogP contribution in [0, 0.1) is 6.92 Å². The zero-order chi connectivity index (χ0) is 12.8. The average Bonchev–Trinajstić information content (AvgIpc) is 2.40. The van der Waals surface area contributed by atoms with E-state index in [2.05, 4.69) is 68.1 Å². The van der Waals surface area contributed by atoms with Crippen molar-refractivity contribution in [2.45, 2.75) is 23.5 Å². The highest BCUT2D eigenvalue weighted by atomic mass is 32.2. The maximum absolute atomic E-state index is 3.88. The summed E-state index contributed by atoms with van der Waals surface area (Å²) in [5.41, 5.74) is 2.76. The molecule has 0 nitrogen and oxygen atoms in total. The first kappa shape index (κ1) is 13.0. The second-order valence-corrected chi connectivity index (χ2v) is 5.58. The molecule has 0 saturated heterocycles. The quantitative estimate of drug-likeness (QED) is 0.508. The van der Waals surface area contributed by atoms with Gasteiger partial charge < -0.3 is 0 Å². The molecule has 0 saturated carbocycles. The number of hydrogen-bond donors (Lipinski definition) is 0. The van der Waals surface area contributed by atoms with E-state index in [1.807, 2.05) is 17.8 Å². The van der Waals surface area contributed by atoms with Crippen LogP contribution in [0.5, 0.6) is 0 Å². The molecule has 0 spiro atoms. The van der Waals surface area contributed by atoms with E-state index >= 15 is 0 Å². The molecule has 92 valence electrons. The minimum absolute atomic E-state index is 0.450. The van der Waals surface area contributed by atoms with Crippen molar-refractivity contribution in [3.63, 3.8) is 0 Å². The van der Waals surface area contributed by atoms with Crippen LogP contribution in [-0.2, 0) is 0 Å². The topological polar surface area (TPSA) is 0 Å². The van der Waals surface area contributed by atoms with E-state index in [0.717, 1.165) is 6.42 Å². The van der Waals surface area contributed by atoms with Gasteiger partial charge in [0, 0.05) is 10.1 Å². The molecule has 0 amide bonds. The van der Waals surface area contributed by atoms with E-state index in [1.165, 1.54) is 16.0 Å². The highest BCUT2D eigenvalue weighted by Gasteiger charge is 2.13. The Labute approximate surface area is 114 Å². The molecule has 0 bridgehead atoms. The maximum Gasteiger partial charge on any atom is 0.0381 e. The predicted molar refractivity (Wildman–Crippen MR) is 81.0 cm³/mol. The lowest BCUT2D eigenvalue weighted by atomic mass is 10.0. The Bertz CT molecular complexity index is 502. The fourth-order valence-corrected chi connectivity index (χ4v) is 3.27. The lowest BCUT2D eigenvalue weighted by Gasteiger charge is -2.17. The van der Waals surface area contributed by atoms with Crippen LogP contribution in [0.4, 0.5) is 0 Å². The molecular formula is C17H18S. The van der Waals surface area contributed by atoms with Gasteiger partial charge in [0.25, 0.3) is 0 Å². The fourth-order valence-electron chi connectivity index (χ4n) is 2.00. The average molecular weight is 254 g/mol. The second-order valence-electron chi connectivity index (χ2n) is 4.30. The fraction of sp³-hybridized carbons (Fsp3) is 0.176. The minimum atomic E-state index is 0.450. The molecule has 18 heavy (non-hydrogen) atoms. The first-order valence-electron chi connectivity index (χ1n) is 6.19. The second kappa shape index (κ2) is 6.46. The van der Waals surface area contributed by atoms with E-state index in [4.69, 9.17) is 0 Å². The van der Waals surface area contributed by atoms with Crippen molar-refractivity contribution in [2.75, 3.05) is 0 Å². The Morgan fingerprint density at radius 3 is 2.39 bits per heavy atom. The summed E-state index contributed by atoms with van der Waals surface area (Å²) in [5, 5.41) is 0.450. The molecule has 2 aromatic carbocycles. The van der Waals surface area contributed by atoms with Gasteiger partial charge in [-0.15, -0.1) is 18.3 Å². The predicted octanol–water partition coefficient (Wildman–Crippen LogP) is 5.40. The zero-order valence-electron chi connectivity index (χ0n) is 10.7. The minimum Gasteiger partial charge on any atom is -0.118 e. The highest BCUT2D eigenvalue weighted by molar-refractivity contribution is 7.99. The normalized spacial score (nSPS) is 12.1. The molecule has 2 aromatic rings. The molecule has 1 heteroatoms. The molecule has 0 fully saturated rings. The van der Waals surface area contributed by atoms with Gasteiger partial charge in [0.2, 0.25) is 0 Å². The molecule has 0 heterocycles. The van der Waals surface area contributed by atoms with Crippen LogP contribution in [0.1, 0.15) is 22.8 Å². The highest BCUT2D eigenvalue weighted by Crippen LogP contribution is 2.39. The van der Waals surface area contributed by atoms with Gasteiger partial charge >= 0.3 is 0 Å². The third-order valence-corrected chi connectivity index (χ3v) is 4.21. The Morgan fingerprint density at radius 2 is 1.72 bits per heavy atom. The number of thioether (sulfide) groups is 1. The molecule has 0 aliphatic carbocycles. The molecule has 0 radical (unpaired) electrons. The summed E-state index contributed by atoms with van der Waals surface area (Å²) in [6.45, 7) is 6.06. The summed E-state index contributed by atoms with van der Waals surface area (Å²) in [4.78, 5) is 1.31. The van der Waals surface area contributed by atoms with E-state index < -0.39 is 0 Å². The summed E-state index contributed by atoms with van der Waals surface area (Å²) in [6, 6.07) is 19.2. The monoisotopic (exact) mass is 254 g/mol. The van der Waals surface area contributed by atoms with Gasteiger partial charge in [-0.3, -0.25) is 0 Å². The first-order chi connectivity index (χ1) is 8.81. The van der Waals surface area contributed by atoms with Crippen LogP contribution >= 0.6 is 11.8 Å². The van der Waals surface area contributed by atoms with E-state index in [9.17, 15) is 0 Å². The SMILES string of the molecule is C=CCC(Sc1ccccc1)c1ccccc1C. The number of rotatable bonds is 5. The van der Waals surface area contributed by atoms with E-state index in [0.29, 0.717) is 5.25 Å². The smallest absolute Gasteiger partial charge is 0.0381 e. The van der Waals surface area contributed by atoms with Crippen molar-refractivity contribution in [1.82, 2.24) is 0 Å².